The van der Waals surface area contributed by atoms with Crippen molar-refractivity contribution in [3.05, 3.63) is 78.4 Å². The standard InChI is InChI=1S/C29H34N4O4/c1-6-29(2,3)28(35)37-20-19-36-26-17-7-21(8-18-26)27(34)30-22-9-11-23(12-10-22)31-32-24-13-15-25(16-14-24)33(4)5/h7-18H,6,19-20H2,1-5H3,(H,30,34). The number of rotatable bonds is 11. The lowest BCUT2D eigenvalue weighted by molar-refractivity contribution is -0.154. The van der Waals surface area contributed by atoms with E-state index < -0.39 is 5.41 Å². The van der Waals surface area contributed by atoms with Crippen molar-refractivity contribution in [1.29, 1.82) is 0 Å². The molecule has 0 saturated heterocycles. The highest BCUT2D eigenvalue weighted by Crippen LogP contribution is 2.23. The molecule has 8 heteroatoms. The molecule has 0 aliphatic carbocycles. The summed E-state index contributed by atoms with van der Waals surface area (Å²) in [5.74, 6) is 0.114. The van der Waals surface area contributed by atoms with Gasteiger partial charge < -0.3 is 19.7 Å². The van der Waals surface area contributed by atoms with Crippen LogP contribution in [0.3, 0.4) is 0 Å². The van der Waals surface area contributed by atoms with Crippen molar-refractivity contribution in [3.8, 4) is 5.75 Å². The van der Waals surface area contributed by atoms with Gasteiger partial charge in [-0.05, 0) is 93.1 Å². The van der Waals surface area contributed by atoms with Crippen molar-refractivity contribution in [1.82, 2.24) is 0 Å². The summed E-state index contributed by atoms with van der Waals surface area (Å²) in [5, 5.41) is 11.4. The summed E-state index contributed by atoms with van der Waals surface area (Å²) >= 11 is 0. The summed E-state index contributed by atoms with van der Waals surface area (Å²) in [7, 11) is 3.97. The number of nitrogens with zero attached hydrogens (tertiary/aromatic N) is 3. The van der Waals surface area contributed by atoms with Crippen LogP contribution in [0.2, 0.25) is 0 Å². The van der Waals surface area contributed by atoms with E-state index in [0.29, 0.717) is 29.1 Å². The zero-order chi connectivity index (χ0) is 26.8. The quantitative estimate of drug-likeness (QED) is 0.177. The van der Waals surface area contributed by atoms with Gasteiger partial charge in [-0.1, -0.05) is 6.92 Å². The lowest BCUT2D eigenvalue weighted by Gasteiger charge is -2.20. The first kappa shape index (κ1) is 27.4. The smallest absolute Gasteiger partial charge is 0.311 e. The van der Waals surface area contributed by atoms with Gasteiger partial charge in [-0.2, -0.15) is 10.2 Å². The molecule has 37 heavy (non-hydrogen) atoms. The molecule has 0 aliphatic rings. The van der Waals surface area contributed by atoms with E-state index in [9.17, 15) is 9.59 Å². The summed E-state index contributed by atoms with van der Waals surface area (Å²) in [6.45, 7) is 6.06. The number of benzene rings is 3. The van der Waals surface area contributed by atoms with Crippen LogP contribution < -0.4 is 15.0 Å². The predicted octanol–water partition coefficient (Wildman–Crippen LogP) is 6.78. The third kappa shape index (κ3) is 8.17. The number of amides is 1. The number of carbonyl (C=O) groups is 2. The molecule has 0 radical (unpaired) electrons. The highest BCUT2D eigenvalue weighted by Gasteiger charge is 2.26. The Kier molecular flexibility index (Phi) is 9.38. The SMILES string of the molecule is CCC(C)(C)C(=O)OCCOc1ccc(C(=O)Nc2ccc(N=Nc3ccc(N(C)C)cc3)cc2)cc1. The van der Waals surface area contributed by atoms with Crippen LogP contribution in [0.25, 0.3) is 0 Å². The van der Waals surface area contributed by atoms with Crippen molar-refractivity contribution in [2.75, 3.05) is 37.5 Å². The van der Waals surface area contributed by atoms with Crippen molar-refractivity contribution in [3.63, 3.8) is 0 Å². The largest absolute Gasteiger partial charge is 0.490 e. The molecule has 0 heterocycles. The zero-order valence-corrected chi connectivity index (χ0v) is 22.0. The molecule has 1 amide bonds. The molecule has 1 N–H and O–H groups in total. The monoisotopic (exact) mass is 502 g/mol. The first-order valence-electron chi connectivity index (χ1n) is 12.2. The van der Waals surface area contributed by atoms with Crippen molar-refractivity contribution < 1.29 is 19.1 Å². The van der Waals surface area contributed by atoms with E-state index in [0.717, 1.165) is 11.4 Å². The Morgan fingerprint density at radius 1 is 0.838 bits per heavy atom. The highest BCUT2D eigenvalue weighted by molar-refractivity contribution is 6.04. The van der Waals surface area contributed by atoms with E-state index in [1.807, 2.05) is 64.0 Å². The maximum absolute atomic E-state index is 12.6. The Morgan fingerprint density at radius 2 is 1.41 bits per heavy atom. The van der Waals surface area contributed by atoms with Crippen molar-refractivity contribution in [2.45, 2.75) is 27.2 Å². The fourth-order valence-corrected chi connectivity index (χ4v) is 3.08. The Morgan fingerprint density at radius 3 is 1.95 bits per heavy atom. The van der Waals surface area contributed by atoms with E-state index in [4.69, 9.17) is 9.47 Å². The van der Waals surface area contributed by atoms with Crippen LogP contribution in [0.4, 0.5) is 22.7 Å². The molecule has 0 aromatic heterocycles. The molecule has 0 spiro atoms. The van der Waals surface area contributed by atoms with Crippen LogP contribution in [0.15, 0.2) is 83.0 Å². The van der Waals surface area contributed by atoms with Gasteiger partial charge in [-0.25, -0.2) is 0 Å². The minimum absolute atomic E-state index is 0.169. The summed E-state index contributed by atoms with van der Waals surface area (Å²) in [5.41, 5.74) is 3.18. The van der Waals surface area contributed by atoms with Gasteiger partial charge >= 0.3 is 5.97 Å². The second-order valence-corrected chi connectivity index (χ2v) is 9.36. The summed E-state index contributed by atoms with van der Waals surface area (Å²) in [6.07, 6.45) is 0.706. The van der Waals surface area contributed by atoms with Crippen LogP contribution >= 0.6 is 0 Å². The van der Waals surface area contributed by atoms with Crippen LogP contribution in [0.5, 0.6) is 5.75 Å². The lowest BCUT2D eigenvalue weighted by Crippen LogP contribution is -2.27. The van der Waals surface area contributed by atoms with Crippen LogP contribution in [-0.2, 0) is 9.53 Å². The number of ether oxygens (including phenoxy) is 2. The molecule has 0 fully saturated rings. The van der Waals surface area contributed by atoms with Gasteiger partial charge in [0.25, 0.3) is 5.91 Å². The number of esters is 1. The Hall–Kier alpha value is -4.20. The van der Waals surface area contributed by atoms with Gasteiger partial charge in [0.2, 0.25) is 0 Å². The van der Waals surface area contributed by atoms with Gasteiger partial charge in [0.1, 0.15) is 19.0 Å². The Balaban J connectivity index is 1.47. The van der Waals surface area contributed by atoms with Gasteiger partial charge in [-0.15, -0.1) is 0 Å². The van der Waals surface area contributed by atoms with Gasteiger partial charge in [0, 0.05) is 31.0 Å². The third-order valence-electron chi connectivity index (χ3n) is 5.91. The number of carbonyl (C=O) groups excluding carboxylic acids is 2. The molecule has 0 unspecified atom stereocenters. The van der Waals surface area contributed by atoms with Crippen LogP contribution in [-0.4, -0.2) is 39.2 Å². The Bertz CT molecular complexity index is 1200. The molecular formula is C29H34N4O4. The molecule has 0 bridgehead atoms. The normalized spacial score (nSPS) is 11.3. The number of azo groups is 1. The minimum atomic E-state index is -0.502. The van der Waals surface area contributed by atoms with Crippen LogP contribution in [0, 0.1) is 5.41 Å². The lowest BCUT2D eigenvalue weighted by atomic mass is 9.91. The first-order chi connectivity index (χ1) is 17.7. The minimum Gasteiger partial charge on any atom is -0.490 e. The number of anilines is 2. The number of nitrogens with one attached hydrogen (secondary N) is 1. The van der Waals surface area contributed by atoms with Crippen molar-refractivity contribution in [2.24, 2.45) is 15.6 Å². The Labute approximate surface area is 218 Å². The summed E-state index contributed by atoms with van der Waals surface area (Å²) < 4.78 is 10.9. The van der Waals surface area contributed by atoms with Gasteiger partial charge in [-0.3, -0.25) is 9.59 Å². The molecule has 3 rings (SSSR count). The number of hydrogen-bond donors (Lipinski definition) is 1. The fraction of sp³-hybridized carbons (Fsp3) is 0.310. The number of hydrogen-bond acceptors (Lipinski definition) is 7. The fourth-order valence-electron chi connectivity index (χ4n) is 3.08. The molecule has 0 saturated carbocycles. The average molecular weight is 503 g/mol. The third-order valence-corrected chi connectivity index (χ3v) is 5.91. The molecule has 8 nitrogen and oxygen atoms in total. The molecular weight excluding hydrogens is 468 g/mol. The maximum atomic E-state index is 12.6. The van der Waals surface area contributed by atoms with E-state index in [1.54, 1.807) is 48.5 Å². The van der Waals surface area contributed by atoms with Gasteiger partial charge in [0.15, 0.2) is 0 Å². The second kappa shape index (κ2) is 12.7. The van der Waals surface area contributed by atoms with E-state index in [1.165, 1.54) is 0 Å². The van der Waals surface area contributed by atoms with E-state index >= 15 is 0 Å². The van der Waals surface area contributed by atoms with E-state index in [2.05, 4.69) is 15.5 Å². The molecule has 194 valence electrons. The van der Waals surface area contributed by atoms with E-state index in [-0.39, 0.29) is 25.1 Å². The molecule has 0 atom stereocenters. The summed E-state index contributed by atoms with van der Waals surface area (Å²) in [6, 6.07) is 21.7. The molecule has 3 aromatic rings. The predicted molar refractivity (Wildman–Crippen MR) is 146 cm³/mol. The molecule has 0 aliphatic heterocycles. The van der Waals surface area contributed by atoms with Gasteiger partial charge in [0.05, 0.1) is 16.8 Å². The van der Waals surface area contributed by atoms with Crippen molar-refractivity contribution >= 4 is 34.6 Å². The second-order valence-electron chi connectivity index (χ2n) is 9.36. The average Bonchev–Trinajstić information content (AvgIpc) is 2.91. The van der Waals surface area contributed by atoms with Crippen LogP contribution in [0.1, 0.15) is 37.6 Å². The summed E-state index contributed by atoms with van der Waals surface area (Å²) in [4.78, 5) is 26.6. The topological polar surface area (TPSA) is 92.6 Å². The first-order valence-corrected chi connectivity index (χ1v) is 12.2. The zero-order valence-electron chi connectivity index (χ0n) is 22.0. The maximum Gasteiger partial charge on any atom is 0.311 e. The molecule has 3 aromatic carbocycles. The highest BCUT2D eigenvalue weighted by atomic mass is 16.6.